The van der Waals surface area contributed by atoms with Gasteiger partial charge in [0.2, 0.25) is 0 Å². The molecular weight excluding hydrogens is 270 g/mol. The summed E-state index contributed by atoms with van der Waals surface area (Å²) >= 11 is 0. The lowest BCUT2D eigenvalue weighted by molar-refractivity contribution is -0.383. The van der Waals surface area contributed by atoms with E-state index in [1.54, 1.807) is 4.90 Å². The van der Waals surface area contributed by atoms with Crippen LogP contribution in [0.25, 0.3) is 0 Å². The van der Waals surface area contributed by atoms with Crippen molar-refractivity contribution in [2.45, 2.75) is 6.42 Å². The summed E-state index contributed by atoms with van der Waals surface area (Å²) in [5, 5.41) is 10.9. The van der Waals surface area contributed by atoms with Crippen molar-refractivity contribution in [2.24, 2.45) is 0 Å². The number of nitrogens with two attached hydrogens (primary N) is 1. The third-order valence-electron chi connectivity index (χ3n) is 3.61. The molecular formula is C15H13N3O3. The Balaban J connectivity index is 1.97. The fourth-order valence-electron chi connectivity index (χ4n) is 2.54. The maximum Gasteiger partial charge on any atom is 0.292 e. The number of nitro benzene ring substituents is 1. The van der Waals surface area contributed by atoms with Gasteiger partial charge in [-0.1, -0.05) is 18.2 Å². The predicted molar refractivity (Wildman–Crippen MR) is 79.3 cm³/mol. The summed E-state index contributed by atoms with van der Waals surface area (Å²) in [5.74, 6) is -0.247. The van der Waals surface area contributed by atoms with Crippen molar-refractivity contribution >= 4 is 23.0 Å². The molecule has 0 bridgehead atoms. The molecule has 1 aliphatic heterocycles. The zero-order valence-corrected chi connectivity index (χ0v) is 11.2. The minimum absolute atomic E-state index is 0.0540. The van der Waals surface area contributed by atoms with E-state index in [-0.39, 0.29) is 22.8 Å². The molecule has 0 aliphatic carbocycles. The number of carbonyl (C=O) groups excluding carboxylic acids is 1. The second kappa shape index (κ2) is 4.90. The van der Waals surface area contributed by atoms with Crippen LogP contribution in [-0.2, 0) is 6.42 Å². The fraction of sp³-hybridized carbons (Fsp3) is 0.133. The van der Waals surface area contributed by atoms with Crippen molar-refractivity contribution in [3.05, 3.63) is 63.7 Å². The topological polar surface area (TPSA) is 89.5 Å². The Morgan fingerprint density at radius 3 is 2.76 bits per heavy atom. The van der Waals surface area contributed by atoms with Crippen LogP contribution >= 0.6 is 0 Å². The lowest BCUT2D eigenvalue weighted by atomic mass is 10.1. The molecule has 2 N–H and O–H groups in total. The molecule has 0 spiro atoms. The molecule has 0 unspecified atom stereocenters. The highest BCUT2D eigenvalue weighted by molar-refractivity contribution is 6.07. The van der Waals surface area contributed by atoms with Crippen molar-refractivity contribution in [1.82, 2.24) is 0 Å². The first-order valence-electron chi connectivity index (χ1n) is 6.51. The van der Waals surface area contributed by atoms with Crippen molar-refractivity contribution in [3.8, 4) is 0 Å². The summed E-state index contributed by atoms with van der Waals surface area (Å²) in [7, 11) is 0. The monoisotopic (exact) mass is 283 g/mol. The Bertz CT molecular complexity index is 743. The number of benzene rings is 2. The van der Waals surface area contributed by atoms with E-state index >= 15 is 0 Å². The molecule has 1 amide bonds. The molecule has 1 heterocycles. The number of carbonyl (C=O) groups is 1. The molecule has 3 rings (SSSR count). The molecule has 6 nitrogen and oxygen atoms in total. The van der Waals surface area contributed by atoms with E-state index in [0.717, 1.165) is 17.7 Å². The number of nitrogens with zero attached hydrogens (tertiary/aromatic N) is 2. The molecule has 0 aromatic heterocycles. The van der Waals surface area contributed by atoms with E-state index < -0.39 is 4.92 Å². The van der Waals surface area contributed by atoms with Gasteiger partial charge in [0.05, 0.1) is 4.92 Å². The molecule has 6 heteroatoms. The summed E-state index contributed by atoms with van der Waals surface area (Å²) < 4.78 is 0. The van der Waals surface area contributed by atoms with Gasteiger partial charge >= 0.3 is 0 Å². The van der Waals surface area contributed by atoms with Gasteiger partial charge in [0.25, 0.3) is 11.6 Å². The van der Waals surface area contributed by atoms with E-state index in [9.17, 15) is 14.9 Å². The van der Waals surface area contributed by atoms with Crippen LogP contribution < -0.4 is 10.6 Å². The number of para-hydroxylation sites is 1. The maximum atomic E-state index is 12.6. The lowest BCUT2D eigenvalue weighted by Gasteiger charge is -2.17. The van der Waals surface area contributed by atoms with Crippen LogP contribution in [0.5, 0.6) is 0 Å². The number of hydrogen-bond donors (Lipinski definition) is 1. The molecule has 0 atom stereocenters. The second-order valence-corrected chi connectivity index (χ2v) is 4.87. The number of nitro groups is 1. The number of anilines is 2. The minimum Gasteiger partial charge on any atom is -0.393 e. The van der Waals surface area contributed by atoms with Crippen LogP contribution in [0.3, 0.4) is 0 Å². The molecule has 21 heavy (non-hydrogen) atoms. The molecule has 1 aliphatic rings. The van der Waals surface area contributed by atoms with Crippen LogP contribution in [0.1, 0.15) is 15.9 Å². The van der Waals surface area contributed by atoms with Gasteiger partial charge in [-0.2, -0.15) is 0 Å². The van der Waals surface area contributed by atoms with Gasteiger partial charge in [-0.25, -0.2) is 0 Å². The van der Waals surface area contributed by atoms with Crippen LogP contribution in [-0.4, -0.2) is 17.4 Å². The molecule has 0 fully saturated rings. The van der Waals surface area contributed by atoms with E-state index in [4.69, 9.17) is 5.73 Å². The first kappa shape index (κ1) is 13.1. The molecule has 106 valence electrons. The Hall–Kier alpha value is -2.89. The SMILES string of the molecule is Nc1ccc(C(=O)N2CCc3ccccc32)cc1[N+](=O)[O-]. The van der Waals surface area contributed by atoms with Gasteiger partial charge in [-0.05, 0) is 30.2 Å². The molecule has 0 saturated heterocycles. The summed E-state index contributed by atoms with van der Waals surface area (Å²) in [6, 6.07) is 11.8. The van der Waals surface area contributed by atoms with Crippen molar-refractivity contribution in [2.75, 3.05) is 17.2 Å². The van der Waals surface area contributed by atoms with Gasteiger partial charge in [0.1, 0.15) is 5.69 Å². The lowest BCUT2D eigenvalue weighted by Crippen LogP contribution is -2.28. The van der Waals surface area contributed by atoms with E-state index in [0.29, 0.717) is 6.54 Å². The zero-order chi connectivity index (χ0) is 15.0. The number of fused-ring (bicyclic) bond motifs is 1. The molecule has 0 radical (unpaired) electrons. The Morgan fingerprint density at radius 1 is 1.24 bits per heavy atom. The highest BCUT2D eigenvalue weighted by Gasteiger charge is 2.26. The Labute approximate surface area is 120 Å². The zero-order valence-electron chi connectivity index (χ0n) is 11.2. The van der Waals surface area contributed by atoms with Gasteiger partial charge in [0, 0.05) is 23.9 Å². The third-order valence-corrected chi connectivity index (χ3v) is 3.61. The van der Waals surface area contributed by atoms with E-state index in [1.807, 2.05) is 24.3 Å². The number of amides is 1. The highest BCUT2D eigenvalue weighted by atomic mass is 16.6. The van der Waals surface area contributed by atoms with Gasteiger partial charge in [-0.3, -0.25) is 14.9 Å². The number of nitrogen functional groups attached to an aromatic ring is 1. The van der Waals surface area contributed by atoms with Crippen molar-refractivity contribution in [1.29, 1.82) is 0 Å². The van der Waals surface area contributed by atoms with E-state index in [1.165, 1.54) is 18.2 Å². The molecule has 2 aromatic rings. The summed E-state index contributed by atoms with van der Waals surface area (Å²) in [6.45, 7) is 0.580. The number of rotatable bonds is 2. The molecule has 2 aromatic carbocycles. The third kappa shape index (κ3) is 2.20. The smallest absolute Gasteiger partial charge is 0.292 e. The predicted octanol–water partition coefficient (Wildman–Crippen LogP) is 2.38. The summed E-state index contributed by atoms with van der Waals surface area (Å²) in [6.07, 6.45) is 0.791. The highest BCUT2D eigenvalue weighted by Crippen LogP contribution is 2.30. The quantitative estimate of drug-likeness (QED) is 0.520. The van der Waals surface area contributed by atoms with Crippen LogP contribution in [0, 0.1) is 10.1 Å². The standard InChI is InChI=1S/C15H13N3O3/c16-12-6-5-11(9-14(12)18(20)21)15(19)17-8-7-10-3-1-2-4-13(10)17/h1-6,9H,7-8,16H2. The van der Waals surface area contributed by atoms with E-state index in [2.05, 4.69) is 0 Å². The Kier molecular flexibility index (Phi) is 3.06. The van der Waals surface area contributed by atoms with Crippen LogP contribution in [0.2, 0.25) is 0 Å². The summed E-state index contributed by atoms with van der Waals surface area (Å²) in [4.78, 5) is 24.5. The number of hydrogen-bond acceptors (Lipinski definition) is 4. The largest absolute Gasteiger partial charge is 0.393 e. The van der Waals surface area contributed by atoms with Crippen molar-refractivity contribution < 1.29 is 9.72 Å². The first-order chi connectivity index (χ1) is 10.1. The average Bonchev–Trinajstić information content (AvgIpc) is 2.90. The summed E-state index contributed by atoms with van der Waals surface area (Å²) in [5.41, 5.74) is 7.61. The first-order valence-corrected chi connectivity index (χ1v) is 6.51. The second-order valence-electron chi connectivity index (χ2n) is 4.87. The van der Waals surface area contributed by atoms with Gasteiger partial charge in [-0.15, -0.1) is 0 Å². The average molecular weight is 283 g/mol. The minimum atomic E-state index is -0.579. The Morgan fingerprint density at radius 2 is 2.00 bits per heavy atom. The fourth-order valence-corrected chi connectivity index (χ4v) is 2.54. The van der Waals surface area contributed by atoms with Gasteiger partial charge in [0.15, 0.2) is 0 Å². The van der Waals surface area contributed by atoms with Gasteiger partial charge < -0.3 is 10.6 Å². The normalized spacial score (nSPS) is 13.0. The molecule has 0 saturated carbocycles. The van der Waals surface area contributed by atoms with Crippen molar-refractivity contribution in [3.63, 3.8) is 0 Å². The maximum absolute atomic E-state index is 12.6. The van der Waals surface area contributed by atoms with Crippen LogP contribution in [0.4, 0.5) is 17.1 Å². The van der Waals surface area contributed by atoms with Crippen LogP contribution in [0.15, 0.2) is 42.5 Å².